The fraction of sp³-hybridized carbons (Fsp3) is 0.421. The number of nitrogens with zero attached hydrogens (tertiary/aromatic N) is 3. The second-order valence-electron chi connectivity index (χ2n) is 6.13. The molecule has 4 heteroatoms. The van der Waals surface area contributed by atoms with E-state index in [1.54, 1.807) is 11.8 Å². The summed E-state index contributed by atoms with van der Waals surface area (Å²) in [6.45, 7) is 5.21. The van der Waals surface area contributed by atoms with E-state index in [1.165, 1.54) is 27.3 Å². The molecule has 0 unspecified atom stereocenters. The molecule has 1 aromatic carbocycles. The van der Waals surface area contributed by atoms with Crippen LogP contribution in [0.15, 0.2) is 41.4 Å². The summed E-state index contributed by atoms with van der Waals surface area (Å²) in [5, 5.41) is 4.82. The zero-order chi connectivity index (χ0) is 16.2. The van der Waals surface area contributed by atoms with Gasteiger partial charge >= 0.3 is 0 Å². The maximum atomic E-state index is 4.82. The summed E-state index contributed by atoms with van der Waals surface area (Å²) in [4.78, 5) is 3.66. The maximum Gasteiger partial charge on any atom is 0.0697 e. The highest BCUT2D eigenvalue weighted by Gasteiger charge is 2.15. The van der Waals surface area contributed by atoms with Crippen LogP contribution < -0.4 is 0 Å². The Labute approximate surface area is 143 Å². The van der Waals surface area contributed by atoms with Gasteiger partial charge in [-0.2, -0.15) is 5.10 Å². The summed E-state index contributed by atoms with van der Waals surface area (Å²) in [5.41, 5.74) is 5.34. The molecular formula is C19H25N3S. The number of rotatable bonds is 5. The number of aryl methyl sites for hydroxylation is 1. The molecule has 0 amide bonds. The SMILES string of the molecule is CCc1nn(Cc2ccc(SC)cc2)cc1C1=CCN(C)CC1. The molecule has 0 bridgehead atoms. The maximum absolute atomic E-state index is 4.82. The first-order valence-corrected chi connectivity index (χ1v) is 9.49. The van der Waals surface area contributed by atoms with Gasteiger partial charge in [-0.25, -0.2) is 0 Å². The molecule has 0 radical (unpaired) electrons. The Balaban J connectivity index is 1.80. The third-order valence-corrected chi connectivity index (χ3v) is 5.18. The van der Waals surface area contributed by atoms with Gasteiger partial charge in [0.1, 0.15) is 0 Å². The van der Waals surface area contributed by atoms with Crippen LogP contribution in [0.4, 0.5) is 0 Å². The lowest BCUT2D eigenvalue weighted by Crippen LogP contribution is -2.23. The van der Waals surface area contributed by atoms with Crippen LogP contribution in [-0.2, 0) is 13.0 Å². The monoisotopic (exact) mass is 327 g/mol. The molecule has 0 saturated carbocycles. The number of likely N-dealkylation sites (N-methyl/N-ethyl adjacent to an activating group) is 1. The third-order valence-electron chi connectivity index (χ3n) is 4.43. The molecule has 1 aromatic heterocycles. The molecular weight excluding hydrogens is 302 g/mol. The topological polar surface area (TPSA) is 21.1 Å². The number of hydrogen-bond donors (Lipinski definition) is 0. The Morgan fingerprint density at radius 1 is 1.22 bits per heavy atom. The zero-order valence-electron chi connectivity index (χ0n) is 14.2. The van der Waals surface area contributed by atoms with Gasteiger partial charge in [-0.1, -0.05) is 25.1 Å². The minimum absolute atomic E-state index is 0.842. The number of aromatic nitrogens is 2. The molecule has 0 aliphatic carbocycles. The summed E-state index contributed by atoms with van der Waals surface area (Å²) in [5.74, 6) is 0. The molecule has 3 nitrogen and oxygen atoms in total. The Morgan fingerprint density at radius 2 is 2.00 bits per heavy atom. The minimum Gasteiger partial charge on any atom is -0.302 e. The molecule has 0 spiro atoms. The standard InChI is InChI=1S/C19H25N3S/c1-4-19-18(16-9-11-21(2)12-10-16)14-22(20-19)13-15-5-7-17(23-3)8-6-15/h5-9,14H,4,10-13H2,1-3H3. The van der Waals surface area contributed by atoms with Gasteiger partial charge in [0.25, 0.3) is 0 Å². The molecule has 0 N–H and O–H groups in total. The van der Waals surface area contributed by atoms with E-state index in [9.17, 15) is 0 Å². The van der Waals surface area contributed by atoms with Crippen molar-refractivity contribution < 1.29 is 0 Å². The van der Waals surface area contributed by atoms with Crippen molar-refractivity contribution in [1.82, 2.24) is 14.7 Å². The van der Waals surface area contributed by atoms with Crippen LogP contribution in [0.1, 0.15) is 30.2 Å². The van der Waals surface area contributed by atoms with Gasteiger partial charge in [0.15, 0.2) is 0 Å². The van der Waals surface area contributed by atoms with E-state index in [0.717, 1.165) is 32.5 Å². The van der Waals surface area contributed by atoms with Gasteiger partial charge in [0.05, 0.1) is 12.2 Å². The summed E-state index contributed by atoms with van der Waals surface area (Å²) < 4.78 is 2.10. The Hall–Kier alpha value is -1.52. The summed E-state index contributed by atoms with van der Waals surface area (Å²) in [6.07, 6.45) is 8.81. The first kappa shape index (κ1) is 16.3. The summed E-state index contributed by atoms with van der Waals surface area (Å²) in [6, 6.07) is 8.77. The van der Waals surface area contributed by atoms with Crippen molar-refractivity contribution in [3.05, 3.63) is 53.4 Å². The normalized spacial score (nSPS) is 15.7. The van der Waals surface area contributed by atoms with Gasteiger partial charge in [0.2, 0.25) is 0 Å². The number of thioether (sulfide) groups is 1. The highest BCUT2D eigenvalue weighted by atomic mass is 32.2. The largest absolute Gasteiger partial charge is 0.302 e. The quantitative estimate of drug-likeness (QED) is 0.776. The van der Waals surface area contributed by atoms with E-state index in [1.807, 2.05) is 0 Å². The van der Waals surface area contributed by atoms with Crippen molar-refractivity contribution in [1.29, 1.82) is 0 Å². The lowest BCUT2D eigenvalue weighted by Gasteiger charge is -2.21. The molecule has 3 rings (SSSR count). The highest BCUT2D eigenvalue weighted by Crippen LogP contribution is 2.25. The van der Waals surface area contributed by atoms with E-state index >= 15 is 0 Å². The third kappa shape index (κ3) is 3.88. The van der Waals surface area contributed by atoms with Gasteiger partial charge in [-0.15, -0.1) is 11.8 Å². The van der Waals surface area contributed by atoms with Gasteiger partial charge < -0.3 is 4.90 Å². The van der Waals surface area contributed by atoms with E-state index < -0.39 is 0 Å². The van der Waals surface area contributed by atoms with Crippen LogP contribution in [0.3, 0.4) is 0 Å². The number of benzene rings is 1. The van der Waals surface area contributed by atoms with Crippen LogP contribution in [-0.4, -0.2) is 41.1 Å². The van der Waals surface area contributed by atoms with Crippen LogP contribution in [0.25, 0.3) is 5.57 Å². The summed E-state index contributed by atoms with van der Waals surface area (Å²) >= 11 is 1.78. The Morgan fingerprint density at radius 3 is 2.61 bits per heavy atom. The van der Waals surface area contributed by atoms with Crippen molar-refractivity contribution in [2.45, 2.75) is 31.2 Å². The van der Waals surface area contributed by atoms with E-state index in [4.69, 9.17) is 5.10 Å². The second-order valence-corrected chi connectivity index (χ2v) is 7.01. The van der Waals surface area contributed by atoms with Crippen molar-refractivity contribution in [2.75, 3.05) is 26.4 Å². The first-order chi connectivity index (χ1) is 11.2. The molecule has 1 aliphatic rings. The van der Waals surface area contributed by atoms with Gasteiger partial charge in [-0.05, 0) is 49.4 Å². The Bertz CT molecular complexity index is 685. The molecule has 0 fully saturated rings. The highest BCUT2D eigenvalue weighted by molar-refractivity contribution is 7.98. The predicted molar refractivity (Wildman–Crippen MR) is 99.0 cm³/mol. The fourth-order valence-corrected chi connectivity index (χ4v) is 3.41. The van der Waals surface area contributed by atoms with Crippen molar-refractivity contribution in [2.24, 2.45) is 0 Å². The smallest absolute Gasteiger partial charge is 0.0697 e. The Kier molecular flexibility index (Phi) is 5.23. The lowest BCUT2D eigenvalue weighted by molar-refractivity contribution is 0.370. The van der Waals surface area contributed by atoms with E-state index in [0.29, 0.717) is 0 Å². The molecule has 2 heterocycles. The molecule has 0 atom stereocenters. The zero-order valence-corrected chi connectivity index (χ0v) is 15.1. The molecule has 23 heavy (non-hydrogen) atoms. The van der Waals surface area contributed by atoms with E-state index in [-0.39, 0.29) is 0 Å². The van der Waals surface area contributed by atoms with Gasteiger partial charge in [0, 0.05) is 29.7 Å². The van der Waals surface area contributed by atoms with Crippen molar-refractivity contribution in [3.63, 3.8) is 0 Å². The molecule has 2 aromatic rings. The molecule has 1 aliphatic heterocycles. The van der Waals surface area contributed by atoms with Crippen LogP contribution >= 0.6 is 11.8 Å². The summed E-state index contributed by atoms with van der Waals surface area (Å²) in [7, 11) is 2.18. The average molecular weight is 327 g/mol. The lowest BCUT2D eigenvalue weighted by atomic mass is 9.99. The van der Waals surface area contributed by atoms with Crippen molar-refractivity contribution >= 4 is 17.3 Å². The molecule has 122 valence electrons. The van der Waals surface area contributed by atoms with Crippen LogP contribution in [0.5, 0.6) is 0 Å². The average Bonchev–Trinajstić information content (AvgIpc) is 2.99. The van der Waals surface area contributed by atoms with Crippen molar-refractivity contribution in [3.8, 4) is 0 Å². The first-order valence-electron chi connectivity index (χ1n) is 8.26. The van der Waals surface area contributed by atoms with Crippen LogP contribution in [0.2, 0.25) is 0 Å². The van der Waals surface area contributed by atoms with Crippen LogP contribution in [0, 0.1) is 0 Å². The fourth-order valence-electron chi connectivity index (χ4n) is 3.01. The van der Waals surface area contributed by atoms with E-state index in [2.05, 4.69) is 66.3 Å². The predicted octanol–water partition coefficient (Wildman–Crippen LogP) is 3.93. The number of hydrogen-bond acceptors (Lipinski definition) is 3. The minimum atomic E-state index is 0.842. The van der Waals surface area contributed by atoms with Gasteiger partial charge in [-0.3, -0.25) is 4.68 Å². The second kappa shape index (κ2) is 7.37. The molecule has 0 saturated heterocycles.